The van der Waals surface area contributed by atoms with Crippen molar-refractivity contribution in [3.8, 4) is 6.07 Å². The summed E-state index contributed by atoms with van der Waals surface area (Å²) in [5.41, 5.74) is 1.01. The molecule has 136 valence electrons. The highest BCUT2D eigenvalue weighted by molar-refractivity contribution is 8.26. The number of anilines is 1. The lowest BCUT2D eigenvalue weighted by Gasteiger charge is -2.32. The maximum Gasteiger partial charge on any atom is 0.270 e. The van der Waals surface area contributed by atoms with Gasteiger partial charge >= 0.3 is 0 Å². The maximum atomic E-state index is 12.6. The number of likely N-dealkylation sites (N-methyl/N-ethyl adjacent to an activating group) is 1. The number of aromatic nitrogens is 1. The van der Waals surface area contributed by atoms with Crippen LogP contribution in [0.15, 0.2) is 9.70 Å². The highest BCUT2D eigenvalue weighted by Gasteiger charge is 2.30. The SMILES string of the molecule is Cc1c(C=C2SC(=S)N(C)C2=O)c(N2CCOCC2)n(C)c(=O)c1C#N. The second-order valence-corrected chi connectivity index (χ2v) is 7.73. The number of hydrogen-bond acceptors (Lipinski definition) is 7. The number of morpholine rings is 1. The van der Waals surface area contributed by atoms with E-state index in [0.717, 1.165) is 0 Å². The zero-order valence-corrected chi connectivity index (χ0v) is 16.4. The van der Waals surface area contributed by atoms with Gasteiger partial charge in [-0.05, 0) is 18.6 Å². The molecule has 0 aliphatic carbocycles. The first kappa shape index (κ1) is 18.6. The number of thioether (sulfide) groups is 1. The molecule has 0 radical (unpaired) electrons. The molecule has 3 heterocycles. The lowest BCUT2D eigenvalue weighted by molar-refractivity contribution is -0.121. The van der Waals surface area contributed by atoms with Crippen LogP contribution in [-0.2, 0) is 16.6 Å². The van der Waals surface area contributed by atoms with Crippen molar-refractivity contribution in [1.82, 2.24) is 9.47 Å². The molecular weight excluding hydrogens is 372 g/mol. The van der Waals surface area contributed by atoms with Crippen LogP contribution in [0.2, 0.25) is 0 Å². The van der Waals surface area contributed by atoms with Gasteiger partial charge in [-0.2, -0.15) is 5.26 Å². The molecule has 0 saturated carbocycles. The van der Waals surface area contributed by atoms with Crippen molar-refractivity contribution in [2.75, 3.05) is 38.3 Å². The van der Waals surface area contributed by atoms with Gasteiger partial charge in [-0.15, -0.1) is 0 Å². The Morgan fingerprint density at radius 1 is 1.27 bits per heavy atom. The number of rotatable bonds is 2. The van der Waals surface area contributed by atoms with Crippen molar-refractivity contribution in [2.45, 2.75) is 6.92 Å². The first-order valence-electron chi connectivity index (χ1n) is 8.04. The van der Waals surface area contributed by atoms with Gasteiger partial charge in [-0.1, -0.05) is 24.0 Å². The van der Waals surface area contributed by atoms with Crippen LogP contribution in [0.4, 0.5) is 5.82 Å². The number of amides is 1. The van der Waals surface area contributed by atoms with Crippen molar-refractivity contribution in [3.05, 3.63) is 31.9 Å². The Morgan fingerprint density at radius 3 is 2.46 bits per heavy atom. The molecule has 0 bridgehead atoms. The maximum absolute atomic E-state index is 12.6. The molecule has 0 N–H and O–H groups in total. The molecule has 2 saturated heterocycles. The summed E-state index contributed by atoms with van der Waals surface area (Å²) in [6.07, 6.45) is 1.74. The van der Waals surface area contributed by atoms with E-state index in [2.05, 4.69) is 4.90 Å². The lowest BCUT2D eigenvalue weighted by Crippen LogP contribution is -2.40. The van der Waals surface area contributed by atoms with Crippen LogP contribution in [-0.4, -0.2) is 53.0 Å². The molecule has 1 aromatic heterocycles. The molecule has 1 amide bonds. The lowest BCUT2D eigenvalue weighted by atomic mass is 10.0. The van der Waals surface area contributed by atoms with E-state index in [9.17, 15) is 14.9 Å². The third-order valence-electron chi connectivity index (χ3n) is 4.54. The molecule has 2 aliphatic heterocycles. The Morgan fingerprint density at radius 2 is 1.92 bits per heavy atom. The van der Waals surface area contributed by atoms with Crippen molar-refractivity contribution in [2.24, 2.45) is 7.05 Å². The summed E-state index contributed by atoms with van der Waals surface area (Å²) in [7, 11) is 3.28. The largest absolute Gasteiger partial charge is 0.378 e. The molecule has 0 atom stereocenters. The fourth-order valence-electron chi connectivity index (χ4n) is 3.05. The summed E-state index contributed by atoms with van der Waals surface area (Å²) in [4.78, 5) is 29.0. The minimum atomic E-state index is -0.341. The summed E-state index contributed by atoms with van der Waals surface area (Å²) in [6.45, 7) is 4.12. The Kier molecular flexibility index (Phi) is 5.18. The van der Waals surface area contributed by atoms with E-state index < -0.39 is 0 Å². The van der Waals surface area contributed by atoms with E-state index in [1.54, 1.807) is 27.1 Å². The molecule has 7 nitrogen and oxygen atoms in total. The van der Waals surface area contributed by atoms with Gasteiger partial charge in [-0.3, -0.25) is 19.1 Å². The van der Waals surface area contributed by atoms with Gasteiger partial charge in [0.1, 0.15) is 21.8 Å². The second-order valence-electron chi connectivity index (χ2n) is 6.05. The van der Waals surface area contributed by atoms with E-state index in [0.29, 0.717) is 52.5 Å². The second kappa shape index (κ2) is 7.23. The van der Waals surface area contributed by atoms with E-state index in [1.807, 2.05) is 6.07 Å². The van der Waals surface area contributed by atoms with Gasteiger partial charge < -0.3 is 9.64 Å². The molecule has 2 fully saturated rings. The van der Waals surface area contributed by atoms with Crippen LogP contribution in [0.1, 0.15) is 16.7 Å². The number of thiocarbonyl (C=S) groups is 1. The number of ether oxygens (including phenoxy) is 1. The van der Waals surface area contributed by atoms with Crippen LogP contribution in [0.25, 0.3) is 6.08 Å². The van der Waals surface area contributed by atoms with E-state index in [4.69, 9.17) is 17.0 Å². The average molecular weight is 390 g/mol. The molecule has 26 heavy (non-hydrogen) atoms. The third kappa shape index (κ3) is 3.05. The molecular formula is C17H18N4O3S2. The quantitative estimate of drug-likeness (QED) is 0.555. The Hall–Kier alpha value is -2.15. The minimum Gasteiger partial charge on any atom is -0.378 e. The first-order valence-corrected chi connectivity index (χ1v) is 9.27. The molecule has 3 rings (SSSR count). The van der Waals surface area contributed by atoms with Gasteiger partial charge in [-0.25, -0.2) is 0 Å². The number of pyridine rings is 1. The van der Waals surface area contributed by atoms with Gasteiger partial charge in [0.2, 0.25) is 0 Å². The zero-order valence-electron chi connectivity index (χ0n) is 14.7. The van der Waals surface area contributed by atoms with Crippen LogP contribution in [0, 0.1) is 18.3 Å². The number of nitrogens with zero attached hydrogens (tertiary/aromatic N) is 4. The van der Waals surface area contributed by atoms with Crippen LogP contribution < -0.4 is 10.5 Å². The predicted octanol–water partition coefficient (Wildman–Crippen LogP) is 1.23. The van der Waals surface area contributed by atoms with Crippen LogP contribution in [0.5, 0.6) is 0 Å². The highest BCUT2D eigenvalue weighted by atomic mass is 32.2. The van der Waals surface area contributed by atoms with Crippen molar-refractivity contribution in [3.63, 3.8) is 0 Å². The number of nitriles is 1. The summed E-state index contributed by atoms with van der Waals surface area (Å²) in [6, 6.07) is 1.99. The molecule has 1 aromatic rings. The minimum absolute atomic E-state index is 0.0859. The first-order chi connectivity index (χ1) is 12.4. The normalized spacial score (nSPS) is 19.4. The predicted molar refractivity (Wildman–Crippen MR) is 105 cm³/mol. The van der Waals surface area contributed by atoms with Crippen molar-refractivity contribution in [1.29, 1.82) is 5.26 Å². The van der Waals surface area contributed by atoms with Crippen LogP contribution in [0.3, 0.4) is 0 Å². The molecule has 2 aliphatic rings. The Bertz CT molecular complexity index is 923. The van der Waals surface area contributed by atoms with Gasteiger partial charge in [0.25, 0.3) is 11.5 Å². The zero-order chi connectivity index (χ0) is 19.0. The topological polar surface area (TPSA) is 78.6 Å². The Labute approximate surface area is 160 Å². The fraction of sp³-hybridized carbons (Fsp3) is 0.412. The summed E-state index contributed by atoms with van der Waals surface area (Å²) in [5, 5.41) is 9.43. The van der Waals surface area contributed by atoms with E-state index >= 15 is 0 Å². The van der Waals surface area contributed by atoms with Crippen molar-refractivity contribution >= 4 is 46.1 Å². The summed E-state index contributed by atoms with van der Waals surface area (Å²) < 4.78 is 7.37. The summed E-state index contributed by atoms with van der Waals surface area (Å²) >= 11 is 6.41. The van der Waals surface area contributed by atoms with Gasteiger partial charge in [0, 0.05) is 32.7 Å². The molecule has 0 unspecified atom stereocenters. The fourth-order valence-corrected chi connectivity index (χ4v) is 4.21. The van der Waals surface area contributed by atoms with Crippen LogP contribution >= 0.6 is 24.0 Å². The van der Waals surface area contributed by atoms with Gasteiger partial charge in [0.15, 0.2) is 0 Å². The standard InChI is InChI=1S/C17H18N4O3S2/c1-10-11(8-13-16(23)20(3)17(25)26-13)14(21-4-6-24-7-5-21)19(2)15(22)12(10)9-18/h8H,4-7H2,1-3H3. The van der Waals surface area contributed by atoms with E-state index in [-0.39, 0.29) is 17.0 Å². The molecule has 9 heteroatoms. The summed E-state index contributed by atoms with van der Waals surface area (Å²) in [5.74, 6) is 0.510. The number of carbonyl (C=O) groups is 1. The number of carbonyl (C=O) groups excluding carboxylic acids is 1. The Balaban J connectivity index is 2.24. The number of hydrogen-bond donors (Lipinski definition) is 0. The average Bonchev–Trinajstić information content (AvgIpc) is 2.88. The molecule has 0 spiro atoms. The van der Waals surface area contributed by atoms with E-state index in [1.165, 1.54) is 21.2 Å². The highest BCUT2D eigenvalue weighted by Crippen LogP contribution is 2.34. The smallest absolute Gasteiger partial charge is 0.270 e. The van der Waals surface area contributed by atoms with Crippen molar-refractivity contribution < 1.29 is 9.53 Å². The van der Waals surface area contributed by atoms with Gasteiger partial charge in [0.05, 0.1) is 18.1 Å². The third-order valence-corrected chi connectivity index (χ3v) is 6.03. The molecule has 0 aromatic carbocycles. The monoisotopic (exact) mass is 390 g/mol.